The standard InChI is InChI=1S/C23H42N2/c1-19(2)25-14-10-23(11-15-25)16-21(17-23)18-24-12-8-22(9-13-24)6-4-20(3)5-7-22/h19-21H,4-18H2,1-3H3. The Morgan fingerprint density at radius 1 is 0.800 bits per heavy atom. The number of hydrogen-bond acceptors (Lipinski definition) is 2. The highest BCUT2D eigenvalue weighted by Crippen LogP contribution is 2.53. The van der Waals surface area contributed by atoms with Gasteiger partial charge >= 0.3 is 0 Å². The second-order valence-electron chi connectivity index (χ2n) is 10.9. The smallest absolute Gasteiger partial charge is 0.00385 e. The molecule has 2 heterocycles. The van der Waals surface area contributed by atoms with Gasteiger partial charge in [-0.15, -0.1) is 0 Å². The topological polar surface area (TPSA) is 6.48 Å². The first-order valence-electron chi connectivity index (χ1n) is 11.4. The largest absolute Gasteiger partial charge is 0.303 e. The predicted octanol–water partition coefficient (Wildman–Crippen LogP) is 5.18. The van der Waals surface area contributed by atoms with E-state index in [1.165, 1.54) is 96.9 Å². The zero-order valence-corrected chi connectivity index (χ0v) is 17.2. The molecule has 2 nitrogen and oxygen atoms in total. The SMILES string of the molecule is CC1CCC2(CC1)CCN(CC1CC3(CCN(C(C)C)CC3)C1)CC2. The first kappa shape index (κ1) is 18.3. The molecule has 144 valence electrons. The number of likely N-dealkylation sites (tertiary alicyclic amines) is 2. The maximum absolute atomic E-state index is 2.84. The Morgan fingerprint density at radius 2 is 1.36 bits per heavy atom. The molecule has 2 saturated heterocycles. The number of nitrogens with zero attached hydrogens (tertiary/aromatic N) is 2. The molecular formula is C23H42N2. The zero-order valence-electron chi connectivity index (χ0n) is 17.2. The summed E-state index contributed by atoms with van der Waals surface area (Å²) in [4.78, 5) is 5.53. The minimum atomic E-state index is 0.747. The van der Waals surface area contributed by atoms with Crippen LogP contribution >= 0.6 is 0 Å². The predicted molar refractivity (Wildman–Crippen MR) is 107 cm³/mol. The molecule has 0 amide bonds. The second kappa shape index (κ2) is 7.15. The van der Waals surface area contributed by atoms with Gasteiger partial charge in [0, 0.05) is 12.6 Å². The third-order valence-corrected chi connectivity index (χ3v) is 8.80. The molecule has 4 rings (SSSR count). The Labute approximate surface area is 156 Å². The van der Waals surface area contributed by atoms with Gasteiger partial charge < -0.3 is 9.80 Å². The average molecular weight is 347 g/mol. The lowest BCUT2D eigenvalue weighted by atomic mass is 9.57. The van der Waals surface area contributed by atoms with Crippen molar-refractivity contribution in [2.24, 2.45) is 22.7 Å². The number of rotatable bonds is 3. The van der Waals surface area contributed by atoms with E-state index in [-0.39, 0.29) is 0 Å². The molecule has 2 aliphatic carbocycles. The second-order valence-corrected chi connectivity index (χ2v) is 10.9. The lowest BCUT2D eigenvalue weighted by Crippen LogP contribution is -2.52. The maximum Gasteiger partial charge on any atom is 0.00385 e. The Bertz CT molecular complexity index is 423. The van der Waals surface area contributed by atoms with E-state index in [0.717, 1.165) is 28.7 Å². The van der Waals surface area contributed by atoms with Crippen LogP contribution in [0.1, 0.15) is 85.0 Å². The van der Waals surface area contributed by atoms with Crippen molar-refractivity contribution in [2.75, 3.05) is 32.7 Å². The lowest BCUT2D eigenvalue weighted by Gasteiger charge is -2.54. The highest BCUT2D eigenvalue weighted by atomic mass is 15.2. The quantitative estimate of drug-likeness (QED) is 0.695. The van der Waals surface area contributed by atoms with Crippen LogP contribution in [0.2, 0.25) is 0 Å². The molecule has 2 spiro atoms. The van der Waals surface area contributed by atoms with Crippen molar-refractivity contribution in [3.63, 3.8) is 0 Å². The van der Waals surface area contributed by atoms with Gasteiger partial charge in [0.2, 0.25) is 0 Å². The summed E-state index contributed by atoms with van der Waals surface area (Å²) in [6, 6.07) is 0.747. The third-order valence-electron chi connectivity index (χ3n) is 8.80. The van der Waals surface area contributed by atoms with Crippen molar-refractivity contribution in [1.29, 1.82) is 0 Å². The molecule has 2 heteroatoms. The van der Waals surface area contributed by atoms with Crippen LogP contribution in [0.25, 0.3) is 0 Å². The van der Waals surface area contributed by atoms with E-state index in [1.54, 1.807) is 0 Å². The molecule has 0 N–H and O–H groups in total. The van der Waals surface area contributed by atoms with Gasteiger partial charge in [0.05, 0.1) is 0 Å². The average Bonchev–Trinajstić information content (AvgIpc) is 2.59. The molecule has 0 unspecified atom stereocenters. The van der Waals surface area contributed by atoms with Gasteiger partial charge in [0.25, 0.3) is 0 Å². The summed E-state index contributed by atoms with van der Waals surface area (Å²) in [5.74, 6) is 2.02. The molecule has 4 fully saturated rings. The number of hydrogen-bond donors (Lipinski definition) is 0. The monoisotopic (exact) mass is 346 g/mol. The van der Waals surface area contributed by atoms with Crippen molar-refractivity contribution >= 4 is 0 Å². The molecule has 0 aromatic rings. The van der Waals surface area contributed by atoms with E-state index in [0.29, 0.717) is 0 Å². The van der Waals surface area contributed by atoms with E-state index in [4.69, 9.17) is 0 Å². The van der Waals surface area contributed by atoms with Crippen molar-refractivity contribution in [1.82, 2.24) is 9.80 Å². The van der Waals surface area contributed by atoms with Crippen molar-refractivity contribution in [2.45, 2.75) is 91.0 Å². The molecule has 2 saturated carbocycles. The molecule has 0 aromatic heterocycles. The van der Waals surface area contributed by atoms with Crippen LogP contribution in [0.3, 0.4) is 0 Å². The molecule has 2 aliphatic heterocycles. The maximum atomic E-state index is 2.84. The van der Waals surface area contributed by atoms with E-state index in [9.17, 15) is 0 Å². The van der Waals surface area contributed by atoms with Crippen LogP contribution in [0.4, 0.5) is 0 Å². The minimum absolute atomic E-state index is 0.747. The summed E-state index contributed by atoms with van der Waals surface area (Å²) in [7, 11) is 0. The van der Waals surface area contributed by atoms with E-state index in [2.05, 4.69) is 30.6 Å². The summed E-state index contributed by atoms with van der Waals surface area (Å²) < 4.78 is 0. The van der Waals surface area contributed by atoms with Gasteiger partial charge in [-0.1, -0.05) is 19.8 Å². The van der Waals surface area contributed by atoms with Crippen molar-refractivity contribution in [3.8, 4) is 0 Å². The Morgan fingerprint density at radius 3 is 1.92 bits per heavy atom. The molecule has 4 aliphatic rings. The molecule has 0 bridgehead atoms. The highest BCUT2D eigenvalue weighted by Gasteiger charge is 2.46. The third kappa shape index (κ3) is 3.95. The van der Waals surface area contributed by atoms with Crippen LogP contribution in [0, 0.1) is 22.7 Å². The fraction of sp³-hybridized carbons (Fsp3) is 1.00. The van der Waals surface area contributed by atoms with Gasteiger partial charge in [-0.3, -0.25) is 0 Å². The molecule has 0 aromatic carbocycles. The van der Waals surface area contributed by atoms with Crippen LogP contribution in [0.5, 0.6) is 0 Å². The van der Waals surface area contributed by atoms with Gasteiger partial charge in [-0.2, -0.15) is 0 Å². The summed E-state index contributed by atoms with van der Waals surface area (Å²) in [5.41, 5.74) is 1.51. The number of piperidine rings is 2. The van der Waals surface area contributed by atoms with Crippen LogP contribution in [0.15, 0.2) is 0 Å². The summed E-state index contributed by atoms with van der Waals surface area (Å²) in [5, 5.41) is 0. The van der Waals surface area contributed by atoms with Gasteiger partial charge in [-0.05, 0) is 114 Å². The van der Waals surface area contributed by atoms with Crippen LogP contribution in [-0.4, -0.2) is 48.6 Å². The molecule has 0 atom stereocenters. The summed E-state index contributed by atoms with van der Waals surface area (Å²) in [6.45, 7) is 14.1. The van der Waals surface area contributed by atoms with E-state index in [1.807, 2.05) is 0 Å². The Kier molecular flexibility index (Phi) is 5.23. The lowest BCUT2D eigenvalue weighted by molar-refractivity contribution is -0.0406. The first-order valence-corrected chi connectivity index (χ1v) is 11.4. The molecule has 0 radical (unpaired) electrons. The zero-order chi connectivity index (χ0) is 17.5. The normalized spacial score (nSPS) is 33.8. The van der Waals surface area contributed by atoms with Crippen molar-refractivity contribution < 1.29 is 0 Å². The van der Waals surface area contributed by atoms with Gasteiger partial charge in [0.15, 0.2) is 0 Å². The molecule has 25 heavy (non-hydrogen) atoms. The van der Waals surface area contributed by atoms with Crippen LogP contribution in [-0.2, 0) is 0 Å². The van der Waals surface area contributed by atoms with Crippen molar-refractivity contribution in [3.05, 3.63) is 0 Å². The fourth-order valence-electron chi connectivity index (χ4n) is 6.67. The van der Waals surface area contributed by atoms with Crippen LogP contribution < -0.4 is 0 Å². The Hall–Kier alpha value is -0.0800. The fourth-order valence-corrected chi connectivity index (χ4v) is 6.67. The summed E-state index contributed by atoms with van der Waals surface area (Å²) >= 11 is 0. The Balaban J connectivity index is 1.18. The van der Waals surface area contributed by atoms with E-state index < -0.39 is 0 Å². The highest BCUT2D eigenvalue weighted by molar-refractivity contribution is 4.99. The van der Waals surface area contributed by atoms with E-state index >= 15 is 0 Å². The first-order chi connectivity index (χ1) is 12.0. The van der Waals surface area contributed by atoms with Gasteiger partial charge in [0.1, 0.15) is 0 Å². The summed E-state index contributed by atoms with van der Waals surface area (Å²) in [6.07, 6.45) is 15.1. The molecular weight excluding hydrogens is 304 g/mol. The van der Waals surface area contributed by atoms with Gasteiger partial charge in [-0.25, -0.2) is 0 Å². The minimum Gasteiger partial charge on any atom is -0.303 e.